The van der Waals surface area contributed by atoms with Gasteiger partial charge in [-0.3, -0.25) is 13.9 Å². The van der Waals surface area contributed by atoms with Crippen molar-refractivity contribution in [3.8, 4) is 0 Å². The molecule has 0 N–H and O–H groups in total. The molecule has 3 aliphatic rings. The van der Waals surface area contributed by atoms with E-state index in [9.17, 15) is 18.0 Å². The van der Waals surface area contributed by atoms with E-state index in [-0.39, 0.29) is 17.6 Å². The number of sulfonamides is 1. The van der Waals surface area contributed by atoms with Crippen LogP contribution in [0, 0.1) is 6.92 Å². The summed E-state index contributed by atoms with van der Waals surface area (Å²) < 4.78 is 26.5. The van der Waals surface area contributed by atoms with Crippen LogP contribution in [0.5, 0.6) is 0 Å². The summed E-state index contributed by atoms with van der Waals surface area (Å²) in [6.07, 6.45) is 6.37. The van der Waals surface area contributed by atoms with Crippen molar-refractivity contribution >= 4 is 33.3 Å². The van der Waals surface area contributed by atoms with Gasteiger partial charge >= 0.3 is 0 Å². The number of nitrogens with zero attached hydrogens (tertiary/aromatic N) is 5. The van der Waals surface area contributed by atoms with Crippen LogP contribution in [0.3, 0.4) is 0 Å². The molecule has 0 spiro atoms. The molecule has 0 unspecified atom stereocenters. The molecule has 0 radical (unpaired) electrons. The molecule has 2 aromatic rings. The number of benzene rings is 1. The number of hydrogen-bond donors (Lipinski definition) is 0. The number of aryl methyl sites for hydroxylation is 2. The maximum Gasteiger partial charge on any atom is 0.254 e. The Balaban J connectivity index is 1.38. The molecule has 1 aromatic heterocycles. The topological polar surface area (TPSA) is 94.1 Å². The van der Waals surface area contributed by atoms with E-state index in [0.29, 0.717) is 69.0 Å². The Morgan fingerprint density at radius 2 is 1.53 bits per heavy atom. The first-order chi connectivity index (χ1) is 18.3. The van der Waals surface area contributed by atoms with Crippen LogP contribution in [0.4, 0.5) is 11.5 Å². The smallest absolute Gasteiger partial charge is 0.254 e. The van der Waals surface area contributed by atoms with Crippen LogP contribution in [0.15, 0.2) is 30.5 Å². The van der Waals surface area contributed by atoms with Gasteiger partial charge in [-0.25, -0.2) is 13.4 Å². The van der Waals surface area contributed by atoms with Gasteiger partial charge in [0.15, 0.2) is 0 Å². The van der Waals surface area contributed by atoms with Gasteiger partial charge < -0.3 is 14.7 Å². The molecule has 5 rings (SSSR count). The number of piperidine rings is 1. The number of likely N-dealkylation sites (tertiary alicyclic amines) is 1. The molecule has 0 saturated carbocycles. The second kappa shape index (κ2) is 10.9. The lowest BCUT2D eigenvalue weighted by molar-refractivity contribution is 0.0694. The van der Waals surface area contributed by atoms with Gasteiger partial charge in [0.25, 0.3) is 11.8 Å². The Morgan fingerprint density at radius 1 is 0.842 bits per heavy atom. The molecule has 3 saturated heterocycles. The lowest BCUT2D eigenvalue weighted by Gasteiger charge is -2.36. The lowest BCUT2D eigenvalue weighted by atomic mass is 10.0. The molecule has 1 aromatic carbocycles. The molecular formula is C28H37N5O4S. The minimum atomic E-state index is -3.40. The molecular weight excluding hydrogens is 502 g/mol. The molecule has 0 aliphatic carbocycles. The van der Waals surface area contributed by atoms with E-state index in [1.165, 1.54) is 9.87 Å². The van der Waals surface area contributed by atoms with Crippen molar-refractivity contribution in [2.24, 2.45) is 0 Å². The Kier molecular flexibility index (Phi) is 7.61. The predicted molar refractivity (Wildman–Crippen MR) is 148 cm³/mol. The molecule has 0 bridgehead atoms. The number of piperazine rings is 1. The highest BCUT2D eigenvalue weighted by molar-refractivity contribution is 7.93. The zero-order valence-electron chi connectivity index (χ0n) is 22.4. The first-order valence-electron chi connectivity index (χ1n) is 13.7. The van der Waals surface area contributed by atoms with E-state index in [1.54, 1.807) is 28.0 Å². The standard InChI is InChI=1S/C28H37N5O4S/c1-3-22-18-21(2)26(29-20-22)30-13-15-32(16-14-30)27(34)24-9-8-23(33-12-7-17-38(33,36)37)19-25(24)28(35)31-10-5-4-6-11-31/h8-9,18-20H,3-7,10-17H2,1-2H3. The van der Waals surface area contributed by atoms with Crippen LogP contribution >= 0.6 is 0 Å². The van der Waals surface area contributed by atoms with Crippen LogP contribution in [0.1, 0.15) is 64.4 Å². The van der Waals surface area contributed by atoms with E-state index in [2.05, 4.69) is 29.8 Å². The van der Waals surface area contributed by atoms with Crippen LogP contribution in [0.2, 0.25) is 0 Å². The monoisotopic (exact) mass is 539 g/mol. The average Bonchev–Trinajstić information content (AvgIpc) is 3.31. The lowest BCUT2D eigenvalue weighted by Crippen LogP contribution is -2.49. The van der Waals surface area contributed by atoms with E-state index in [0.717, 1.165) is 37.1 Å². The Bertz CT molecular complexity index is 1310. The van der Waals surface area contributed by atoms with Crippen molar-refractivity contribution in [3.05, 3.63) is 52.7 Å². The SMILES string of the molecule is CCc1cnc(N2CCN(C(=O)c3ccc(N4CCCS4(=O)=O)cc3C(=O)N3CCCCC3)CC2)c(C)c1. The number of amides is 2. The normalized spacial score (nSPS) is 19.6. The van der Waals surface area contributed by atoms with Crippen LogP contribution in [0.25, 0.3) is 0 Å². The van der Waals surface area contributed by atoms with Gasteiger partial charge in [-0.05, 0) is 68.4 Å². The van der Waals surface area contributed by atoms with Gasteiger partial charge in [-0.1, -0.05) is 13.0 Å². The van der Waals surface area contributed by atoms with E-state index in [4.69, 9.17) is 0 Å². The molecule has 9 nitrogen and oxygen atoms in total. The molecule has 3 fully saturated rings. The molecule has 204 valence electrons. The number of pyridine rings is 1. The summed E-state index contributed by atoms with van der Waals surface area (Å²) in [4.78, 5) is 37.8. The number of carbonyl (C=O) groups excluding carboxylic acids is 2. The fourth-order valence-electron chi connectivity index (χ4n) is 5.69. The summed E-state index contributed by atoms with van der Waals surface area (Å²) in [7, 11) is -3.40. The summed E-state index contributed by atoms with van der Waals surface area (Å²) >= 11 is 0. The van der Waals surface area contributed by atoms with Gasteiger partial charge in [0.1, 0.15) is 5.82 Å². The third kappa shape index (κ3) is 5.23. The molecule has 10 heteroatoms. The fourth-order valence-corrected chi connectivity index (χ4v) is 7.25. The van der Waals surface area contributed by atoms with E-state index >= 15 is 0 Å². The number of rotatable bonds is 5. The van der Waals surface area contributed by atoms with Crippen LogP contribution in [-0.4, -0.2) is 86.6 Å². The van der Waals surface area contributed by atoms with E-state index < -0.39 is 10.0 Å². The van der Waals surface area contributed by atoms with Gasteiger partial charge in [-0.2, -0.15) is 0 Å². The first-order valence-corrected chi connectivity index (χ1v) is 15.3. The van der Waals surface area contributed by atoms with Crippen LogP contribution in [-0.2, 0) is 16.4 Å². The van der Waals surface area contributed by atoms with Gasteiger partial charge in [0, 0.05) is 52.0 Å². The van der Waals surface area contributed by atoms with Crippen molar-refractivity contribution < 1.29 is 18.0 Å². The van der Waals surface area contributed by atoms with Crippen LogP contribution < -0.4 is 9.21 Å². The minimum absolute atomic E-state index is 0.100. The Morgan fingerprint density at radius 3 is 2.16 bits per heavy atom. The molecule has 4 heterocycles. The number of carbonyl (C=O) groups is 2. The number of aromatic nitrogens is 1. The average molecular weight is 540 g/mol. The second-order valence-electron chi connectivity index (χ2n) is 10.4. The summed E-state index contributed by atoms with van der Waals surface area (Å²) in [6.45, 7) is 8.24. The zero-order chi connectivity index (χ0) is 26.9. The highest BCUT2D eigenvalue weighted by Gasteiger charge is 2.32. The highest BCUT2D eigenvalue weighted by Crippen LogP contribution is 2.29. The first kappa shape index (κ1) is 26.5. The van der Waals surface area contributed by atoms with Crippen molar-refractivity contribution in [1.29, 1.82) is 0 Å². The molecule has 3 aliphatic heterocycles. The van der Waals surface area contributed by atoms with Gasteiger partial charge in [0.05, 0.1) is 22.6 Å². The summed E-state index contributed by atoms with van der Waals surface area (Å²) in [6, 6.07) is 7.10. The minimum Gasteiger partial charge on any atom is -0.353 e. The summed E-state index contributed by atoms with van der Waals surface area (Å²) in [5.41, 5.74) is 3.44. The van der Waals surface area contributed by atoms with Crippen molar-refractivity contribution in [2.75, 3.05) is 60.8 Å². The predicted octanol–water partition coefficient (Wildman–Crippen LogP) is 3.08. The number of hydrogen-bond acceptors (Lipinski definition) is 6. The Labute approximate surface area is 225 Å². The third-order valence-electron chi connectivity index (χ3n) is 7.88. The quantitative estimate of drug-likeness (QED) is 0.580. The fraction of sp³-hybridized carbons (Fsp3) is 0.536. The van der Waals surface area contributed by atoms with Crippen molar-refractivity contribution in [3.63, 3.8) is 0 Å². The van der Waals surface area contributed by atoms with Crippen molar-refractivity contribution in [2.45, 2.75) is 46.0 Å². The maximum absolute atomic E-state index is 13.8. The summed E-state index contributed by atoms with van der Waals surface area (Å²) in [5, 5.41) is 0. The third-order valence-corrected chi connectivity index (χ3v) is 9.75. The van der Waals surface area contributed by atoms with Gasteiger partial charge in [0.2, 0.25) is 10.0 Å². The largest absolute Gasteiger partial charge is 0.353 e. The summed E-state index contributed by atoms with van der Waals surface area (Å²) in [5.74, 6) is 0.669. The second-order valence-corrected chi connectivity index (χ2v) is 12.5. The van der Waals surface area contributed by atoms with Crippen molar-refractivity contribution in [1.82, 2.24) is 14.8 Å². The molecule has 0 atom stereocenters. The Hall–Kier alpha value is -3.14. The number of anilines is 2. The maximum atomic E-state index is 13.8. The van der Waals surface area contributed by atoms with Gasteiger partial charge in [-0.15, -0.1) is 0 Å². The molecule has 38 heavy (non-hydrogen) atoms. The van der Waals surface area contributed by atoms with E-state index in [1.807, 2.05) is 6.20 Å². The highest BCUT2D eigenvalue weighted by atomic mass is 32.2. The molecule has 2 amide bonds. The zero-order valence-corrected chi connectivity index (χ0v) is 23.2.